The normalized spacial score (nSPS) is 14.3. The average molecular weight is 1110 g/mol. The van der Waals surface area contributed by atoms with Crippen LogP contribution >= 0.6 is 0 Å². The van der Waals surface area contributed by atoms with E-state index in [1.165, 1.54) is 16.7 Å². The number of hydrogen-bond acceptors (Lipinski definition) is 5. The van der Waals surface area contributed by atoms with Crippen molar-refractivity contribution in [3.8, 4) is 28.0 Å². The molecule has 5 nitrogen and oxygen atoms in total. The lowest BCUT2D eigenvalue weighted by Gasteiger charge is -2.36. The first-order chi connectivity index (χ1) is 41.0. The maximum Gasteiger partial charge on any atom is 0.160 e. The summed E-state index contributed by atoms with van der Waals surface area (Å²) >= 11 is 0. The van der Waals surface area contributed by atoms with E-state index >= 15 is 0 Å². The Morgan fingerprint density at radius 3 is 1.21 bits per heavy atom. The summed E-state index contributed by atoms with van der Waals surface area (Å²) in [6.45, 7) is 20.4. The van der Waals surface area contributed by atoms with Gasteiger partial charge in [-0.3, -0.25) is 0 Å². The molecule has 1 unspecified atom stereocenters. The number of methoxy groups -OCH3 is 1. The van der Waals surface area contributed by atoms with Crippen molar-refractivity contribution in [3.63, 3.8) is 0 Å². The van der Waals surface area contributed by atoms with Crippen LogP contribution in [0.15, 0.2) is 251 Å². The summed E-state index contributed by atoms with van der Waals surface area (Å²) in [4.78, 5) is 4.83. The molecule has 11 aromatic carbocycles. The molecule has 0 fully saturated rings. The molecule has 0 radical (unpaired) electrons. The molecule has 0 aliphatic heterocycles. The average Bonchev–Trinajstić information content (AvgIpc) is 1.53. The van der Waals surface area contributed by atoms with Gasteiger partial charge in [0.25, 0.3) is 0 Å². The molecule has 5 heteroatoms. The van der Waals surface area contributed by atoms with E-state index in [9.17, 15) is 0 Å². The van der Waals surface area contributed by atoms with Gasteiger partial charge in [0, 0.05) is 50.0 Å². The fourth-order valence-electron chi connectivity index (χ4n) is 13.3. The second-order valence-corrected chi connectivity index (χ2v) is 26.1. The second kappa shape index (κ2) is 20.1. The highest BCUT2D eigenvalue weighted by Gasteiger charge is 2.51. The van der Waals surface area contributed by atoms with E-state index < -0.39 is 5.41 Å². The number of hydrogen-bond donors (Lipinski definition) is 0. The van der Waals surface area contributed by atoms with Crippen molar-refractivity contribution in [2.24, 2.45) is 0 Å². The zero-order valence-corrected chi connectivity index (χ0v) is 50.2. The maximum atomic E-state index is 7.60. The minimum absolute atomic E-state index is 0.0308. The second-order valence-electron chi connectivity index (χ2n) is 26.1. The van der Waals surface area contributed by atoms with Crippen LogP contribution in [0.1, 0.15) is 101 Å². The van der Waals surface area contributed by atoms with Crippen LogP contribution in [0.5, 0.6) is 5.75 Å². The van der Waals surface area contributed by atoms with Gasteiger partial charge in [-0.05, 0) is 151 Å². The quantitative estimate of drug-likeness (QED) is 0.137. The maximum absolute atomic E-state index is 7.60. The molecule has 0 saturated carbocycles. The molecule has 2 aromatic heterocycles. The van der Waals surface area contributed by atoms with Gasteiger partial charge in [0.1, 0.15) is 22.5 Å². The summed E-state index contributed by atoms with van der Waals surface area (Å²) in [5.41, 5.74) is 20.8. The molecule has 0 amide bonds. The summed E-state index contributed by atoms with van der Waals surface area (Å²) in [7, 11) is 1.74. The standard InChI is InChI=1S/C80H70N2O3/c1-77(2,3)53-33-29-51(30-34-53)52-31-35-56(36-32-52)80(57-41-47-62(83-10)48-42-57)65-50-68(82(59-23-15-12-16-24-59)61-45-39-55(40-46-61)79(7,8)9)75-72(64-26-18-20-28-70(64)84-75)73(65)74-66(80)49-67(71-63-25-17-19-27-69(63)85-76(71)74)81(58-21-13-11-14-22-58)60-43-37-54(38-44-60)78(4,5)6/h11-50H,1-10H3. The van der Waals surface area contributed by atoms with Crippen LogP contribution in [-0.2, 0) is 21.7 Å². The van der Waals surface area contributed by atoms with E-state index in [0.717, 1.165) is 128 Å². The lowest BCUT2D eigenvalue weighted by Crippen LogP contribution is -2.29. The third kappa shape index (κ3) is 8.82. The van der Waals surface area contributed by atoms with Crippen LogP contribution in [0.3, 0.4) is 0 Å². The van der Waals surface area contributed by atoms with Crippen molar-refractivity contribution in [1.29, 1.82) is 0 Å². The van der Waals surface area contributed by atoms with Gasteiger partial charge in [-0.2, -0.15) is 0 Å². The first-order valence-corrected chi connectivity index (χ1v) is 29.8. The van der Waals surface area contributed by atoms with Crippen LogP contribution in [0.4, 0.5) is 34.1 Å². The SMILES string of the molecule is COc1ccc(C2(c3ccc(-c4ccc(C(C)(C)C)cc4)cc3)c3cc(N(c4ccccc4)c4ccc(C(C)(C)C)cc4)c4c(oc5ccccc54)c3-c3c2cc(N(c2ccccc2)c2ccc(C(C)(C)C)cc2)c2oc4ccccc4c32)cc1. The number of fused-ring (bicyclic) bond motifs is 11. The van der Waals surface area contributed by atoms with Gasteiger partial charge in [-0.25, -0.2) is 0 Å². The van der Waals surface area contributed by atoms with Gasteiger partial charge < -0.3 is 23.4 Å². The Labute approximate surface area is 499 Å². The van der Waals surface area contributed by atoms with Crippen molar-refractivity contribution in [2.75, 3.05) is 16.9 Å². The van der Waals surface area contributed by atoms with Gasteiger partial charge in [-0.1, -0.05) is 220 Å². The first kappa shape index (κ1) is 53.4. The summed E-state index contributed by atoms with van der Waals surface area (Å²) in [6, 6.07) is 89.1. The van der Waals surface area contributed by atoms with Crippen molar-refractivity contribution in [2.45, 2.75) is 84.0 Å². The smallest absolute Gasteiger partial charge is 0.160 e. The number of nitrogens with zero attached hydrogens (tertiary/aromatic N) is 2. The number of rotatable bonds is 10. The molecule has 14 rings (SSSR count). The number of benzene rings is 11. The van der Waals surface area contributed by atoms with Crippen LogP contribution < -0.4 is 14.5 Å². The highest BCUT2D eigenvalue weighted by atomic mass is 16.5. The largest absolute Gasteiger partial charge is 0.497 e. The molecular formula is C80H70N2O3. The van der Waals surface area contributed by atoms with E-state index in [0.29, 0.717) is 0 Å². The van der Waals surface area contributed by atoms with Gasteiger partial charge in [-0.15, -0.1) is 0 Å². The fraction of sp³-hybridized carbons (Fsp3) is 0.175. The lowest BCUT2D eigenvalue weighted by atomic mass is 9.67. The molecule has 0 spiro atoms. The Balaban J connectivity index is 1.17. The first-order valence-electron chi connectivity index (χ1n) is 29.8. The Hall–Kier alpha value is -9.58. The van der Waals surface area contributed by atoms with Gasteiger partial charge in [0.05, 0.1) is 29.3 Å². The fourth-order valence-corrected chi connectivity index (χ4v) is 13.3. The molecule has 1 aliphatic carbocycles. The predicted octanol–water partition coefficient (Wildman–Crippen LogP) is 22.4. The highest BCUT2D eigenvalue weighted by Crippen LogP contribution is 2.65. The Kier molecular flexibility index (Phi) is 12.6. The van der Waals surface area contributed by atoms with E-state index in [-0.39, 0.29) is 16.2 Å². The third-order valence-electron chi connectivity index (χ3n) is 17.7. The summed E-state index contributed by atoms with van der Waals surface area (Å²) in [6.07, 6.45) is 0. The predicted molar refractivity (Wildman–Crippen MR) is 356 cm³/mol. The summed E-state index contributed by atoms with van der Waals surface area (Å²) in [5, 5.41) is 4.11. The van der Waals surface area contributed by atoms with Crippen molar-refractivity contribution < 1.29 is 13.6 Å². The molecule has 13 aromatic rings. The lowest BCUT2D eigenvalue weighted by molar-refractivity contribution is 0.414. The molecular weight excluding hydrogens is 1040 g/mol. The zero-order valence-electron chi connectivity index (χ0n) is 50.2. The summed E-state index contributed by atoms with van der Waals surface area (Å²) in [5.74, 6) is 0.778. The molecule has 1 atom stereocenters. The summed E-state index contributed by atoms with van der Waals surface area (Å²) < 4.78 is 21.0. The van der Waals surface area contributed by atoms with E-state index in [4.69, 9.17) is 13.6 Å². The van der Waals surface area contributed by atoms with E-state index in [2.05, 4.69) is 315 Å². The van der Waals surface area contributed by atoms with Crippen molar-refractivity contribution in [1.82, 2.24) is 0 Å². The number of para-hydroxylation sites is 4. The monoisotopic (exact) mass is 1110 g/mol. The Bertz CT molecular complexity index is 4630. The molecule has 0 N–H and O–H groups in total. The van der Waals surface area contributed by atoms with Crippen LogP contribution in [-0.4, -0.2) is 7.11 Å². The van der Waals surface area contributed by atoms with Crippen LogP contribution in [0.25, 0.3) is 66.1 Å². The number of ether oxygens (including phenoxy) is 1. The highest BCUT2D eigenvalue weighted by molar-refractivity contribution is 6.26. The van der Waals surface area contributed by atoms with Crippen LogP contribution in [0, 0.1) is 0 Å². The molecule has 0 bridgehead atoms. The van der Waals surface area contributed by atoms with Crippen molar-refractivity contribution in [3.05, 3.63) is 282 Å². The van der Waals surface area contributed by atoms with Gasteiger partial charge in [0.2, 0.25) is 0 Å². The molecule has 1 aliphatic rings. The molecule has 418 valence electrons. The molecule has 85 heavy (non-hydrogen) atoms. The Morgan fingerprint density at radius 2 is 0.729 bits per heavy atom. The minimum atomic E-state index is -0.994. The topological polar surface area (TPSA) is 42.0 Å². The van der Waals surface area contributed by atoms with Crippen LogP contribution in [0.2, 0.25) is 0 Å². The number of furan rings is 2. The van der Waals surface area contributed by atoms with Crippen molar-refractivity contribution >= 4 is 78.0 Å². The zero-order chi connectivity index (χ0) is 58.6. The molecule has 2 heterocycles. The Morgan fingerprint density at radius 1 is 0.353 bits per heavy atom. The van der Waals surface area contributed by atoms with Gasteiger partial charge in [0.15, 0.2) is 5.58 Å². The van der Waals surface area contributed by atoms with Gasteiger partial charge >= 0.3 is 0 Å². The minimum Gasteiger partial charge on any atom is -0.497 e. The number of anilines is 6. The molecule has 0 saturated heterocycles. The van der Waals surface area contributed by atoms with E-state index in [1.54, 1.807) is 7.11 Å². The third-order valence-corrected chi connectivity index (χ3v) is 17.7. The van der Waals surface area contributed by atoms with E-state index in [1.807, 2.05) is 0 Å².